The van der Waals surface area contributed by atoms with E-state index < -0.39 is 5.97 Å². The van der Waals surface area contributed by atoms with E-state index in [0.29, 0.717) is 5.69 Å². The Morgan fingerprint density at radius 3 is 2.17 bits per heavy atom. The van der Waals surface area contributed by atoms with Crippen LogP contribution in [0, 0.1) is 4.91 Å². The largest absolute Gasteiger partial charge is 0.507 e. The molecule has 0 fully saturated rings. The van der Waals surface area contributed by atoms with Crippen molar-refractivity contribution in [3.8, 4) is 16.9 Å². The molecule has 0 unspecified atom stereocenters. The zero-order chi connectivity index (χ0) is 18.3. The van der Waals surface area contributed by atoms with Gasteiger partial charge in [-0.1, -0.05) is 19.9 Å². The van der Waals surface area contributed by atoms with Gasteiger partial charge >= 0.3 is 5.97 Å². The fraction of sp³-hybridized carbons (Fsp3) is 0.176. The van der Waals surface area contributed by atoms with Gasteiger partial charge in [0.15, 0.2) is 0 Å². The summed E-state index contributed by atoms with van der Waals surface area (Å²) in [5.41, 5.74) is 0.788. The lowest BCUT2D eigenvalue weighted by molar-refractivity contribution is -0.114. The fourth-order valence-electron chi connectivity index (χ4n) is 2.04. The van der Waals surface area contributed by atoms with Crippen molar-refractivity contribution < 1.29 is 19.8 Å². The van der Waals surface area contributed by atoms with E-state index in [1.807, 2.05) is 13.8 Å². The van der Waals surface area contributed by atoms with Gasteiger partial charge < -0.3 is 15.5 Å². The minimum atomic E-state index is -1.21. The number of carboxylic acid groups (broad SMARTS) is 1. The van der Waals surface area contributed by atoms with E-state index in [4.69, 9.17) is 0 Å². The molecule has 1 amide bonds. The third-order valence-electron chi connectivity index (χ3n) is 2.95. The molecule has 0 aliphatic carbocycles. The minimum absolute atomic E-state index is 0.0352. The number of nitrogens with zero attached hydrogens (tertiary/aromatic N) is 1. The first-order valence-electron chi connectivity index (χ1n) is 7.24. The predicted molar refractivity (Wildman–Crippen MR) is 91.6 cm³/mol. The third-order valence-corrected chi connectivity index (χ3v) is 2.95. The Morgan fingerprint density at radius 2 is 1.67 bits per heavy atom. The second kappa shape index (κ2) is 8.42. The number of rotatable bonds is 4. The molecule has 2 aromatic carbocycles. The molecule has 2 rings (SSSR count). The average molecular weight is 330 g/mol. The van der Waals surface area contributed by atoms with E-state index in [-0.39, 0.29) is 34.0 Å². The van der Waals surface area contributed by atoms with Crippen LogP contribution in [0.5, 0.6) is 5.75 Å². The Bertz CT molecular complexity index is 772. The van der Waals surface area contributed by atoms with Crippen LogP contribution in [0.3, 0.4) is 0 Å². The van der Waals surface area contributed by atoms with E-state index >= 15 is 0 Å². The molecule has 7 heteroatoms. The molecule has 0 radical (unpaired) electrons. The van der Waals surface area contributed by atoms with Crippen LogP contribution in [0.2, 0.25) is 0 Å². The third kappa shape index (κ3) is 4.39. The maximum atomic E-state index is 11.4. The van der Waals surface area contributed by atoms with Crippen LogP contribution in [0.4, 0.5) is 11.4 Å². The van der Waals surface area contributed by atoms with Gasteiger partial charge in [-0.05, 0) is 29.4 Å². The lowest BCUT2D eigenvalue weighted by atomic mass is 9.98. The number of carboxylic acids is 1. The van der Waals surface area contributed by atoms with Gasteiger partial charge in [-0.15, -0.1) is 4.91 Å². The summed E-state index contributed by atoms with van der Waals surface area (Å²) in [5.74, 6) is -1.79. The highest BCUT2D eigenvalue weighted by Crippen LogP contribution is 2.35. The lowest BCUT2D eigenvalue weighted by Gasteiger charge is -2.11. The second-order valence-corrected chi connectivity index (χ2v) is 4.54. The number of phenols is 1. The molecule has 7 nitrogen and oxygen atoms in total. The molecule has 126 valence electrons. The van der Waals surface area contributed by atoms with Crippen molar-refractivity contribution in [1.82, 2.24) is 0 Å². The summed E-state index contributed by atoms with van der Waals surface area (Å²) in [6.07, 6.45) is 0. The number of carbonyl (C=O) groups is 2. The van der Waals surface area contributed by atoms with Crippen molar-refractivity contribution in [2.45, 2.75) is 20.8 Å². The highest BCUT2D eigenvalue weighted by molar-refractivity contribution is 5.99. The number of hydrogen-bond donors (Lipinski definition) is 3. The maximum Gasteiger partial charge on any atom is 0.336 e. The quantitative estimate of drug-likeness (QED) is 0.728. The Morgan fingerprint density at radius 1 is 1.04 bits per heavy atom. The Hall–Kier alpha value is -3.22. The van der Waals surface area contributed by atoms with E-state index in [0.717, 1.165) is 6.07 Å². The Labute approximate surface area is 138 Å². The topological polar surface area (TPSA) is 116 Å². The van der Waals surface area contributed by atoms with Gasteiger partial charge in [0.25, 0.3) is 0 Å². The fourth-order valence-corrected chi connectivity index (χ4v) is 2.04. The summed E-state index contributed by atoms with van der Waals surface area (Å²) < 4.78 is 0. The average Bonchev–Trinajstić information content (AvgIpc) is 2.56. The molecule has 0 aliphatic rings. The Kier molecular flexibility index (Phi) is 6.61. The van der Waals surface area contributed by atoms with Gasteiger partial charge in [-0.3, -0.25) is 4.79 Å². The minimum Gasteiger partial charge on any atom is -0.507 e. The first-order valence-corrected chi connectivity index (χ1v) is 7.24. The molecule has 24 heavy (non-hydrogen) atoms. The number of nitrogens with one attached hydrogen (secondary N) is 1. The van der Waals surface area contributed by atoms with Crippen LogP contribution >= 0.6 is 0 Å². The summed E-state index contributed by atoms with van der Waals surface area (Å²) in [7, 11) is 0. The summed E-state index contributed by atoms with van der Waals surface area (Å²) in [6.45, 7) is 5.31. The molecular weight excluding hydrogens is 312 g/mol. The molecule has 0 saturated carbocycles. The molecule has 0 aliphatic heterocycles. The van der Waals surface area contributed by atoms with Gasteiger partial charge in [-0.25, -0.2) is 4.79 Å². The highest BCUT2D eigenvalue weighted by Gasteiger charge is 2.16. The number of aromatic carboxylic acids is 1. The monoisotopic (exact) mass is 330 g/mol. The van der Waals surface area contributed by atoms with Gasteiger partial charge in [0.1, 0.15) is 11.4 Å². The number of hydrogen-bond acceptors (Lipinski definition) is 5. The second-order valence-electron chi connectivity index (χ2n) is 4.54. The summed E-state index contributed by atoms with van der Waals surface area (Å²) in [5, 5.41) is 24.4. The van der Waals surface area contributed by atoms with Crippen molar-refractivity contribution in [1.29, 1.82) is 0 Å². The first kappa shape index (κ1) is 18.8. The molecule has 0 heterocycles. The SMILES string of the molecule is CC.CC(=O)Nc1ccc(-c2ccc(N=O)cc2O)c(C(=O)O)c1. The van der Waals surface area contributed by atoms with Crippen molar-refractivity contribution in [2.75, 3.05) is 5.32 Å². The normalized spacial score (nSPS) is 9.46. The first-order chi connectivity index (χ1) is 11.4. The zero-order valence-electron chi connectivity index (χ0n) is 13.5. The summed E-state index contributed by atoms with van der Waals surface area (Å²) in [6, 6.07) is 8.22. The van der Waals surface area contributed by atoms with Crippen LogP contribution in [0.25, 0.3) is 11.1 Å². The van der Waals surface area contributed by atoms with Crippen LogP contribution in [0.1, 0.15) is 31.1 Å². The van der Waals surface area contributed by atoms with Crippen molar-refractivity contribution in [3.63, 3.8) is 0 Å². The van der Waals surface area contributed by atoms with Gasteiger partial charge in [0.2, 0.25) is 5.91 Å². The van der Waals surface area contributed by atoms with Crippen LogP contribution in [-0.2, 0) is 4.79 Å². The van der Waals surface area contributed by atoms with Crippen LogP contribution in [-0.4, -0.2) is 22.1 Å². The van der Waals surface area contributed by atoms with Crippen LogP contribution < -0.4 is 5.32 Å². The Balaban J connectivity index is 0.00000139. The van der Waals surface area contributed by atoms with Gasteiger partial charge in [0, 0.05) is 29.8 Å². The van der Waals surface area contributed by atoms with Gasteiger partial charge in [-0.2, -0.15) is 0 Å². The number of amides is 1. The maximum absolute atomic E-state index is 11.4. The molecule has 0 bridgehead atoms. The number of nitroso groups, excluding NO2 is 1. The van der Waals surface area contributed by atoms with E-state index in [1.165, 1.54) is 37.3 Å². The molecule has 0 aromatic heterocycles. The van der Waals surface area contributed by atoms with Crippen molar-refractivity contribution in [2.24, 2.45) is 5.18 Å². The highest BCUT2D eigenvalue weighted by atomic mass is 16.4. The van der Waals surface area contributed by atoms with Gasteiger partial charge in [0.05, 0.1) is 5.56 Å². The molecular formula is C17H18N2O5. The smallest absolute Gasteiger partial charge is 0.336 e. The number of benzene rings is 2. The summed E-state index contributed by atoms with van der Waals surface area (Å²) >= 11 is 0. The zero-order valence-corrected chi connectivity index (χ0v) is 13.5. The van der Waals surface area contributed by atoms with E-state index in [1.54, 1.807) is 0 Å². The number of phenolic OH excluding ortho intramolecular Hbond substituents is 1. The molecule has 3 N–H and O–H groups in total. The number of aromatic hydroxyl groups is 1. The number of carbonyl (C=O) groups excluding carboxylic acids is 1. The molecule has 2 aromatic rings. The molecule has 0 spiro atoms. The van der Waals surface area contributed by atoms with Crippen molar-refractivity contribution in [3.05, 3.63) is 46.9 Å². The lowest BCUT2D eigenvalue weighted by Crippen LogP contribution is -2.08. The molecule has 0 saturated heterocycles. The van der Waals surface area contributed by atoms with Crippen LogP contribution in [0.15, 0.2) is 41.6 Å². The summed E-state index contributed by atoms with van der Waals surface area (Å²) in [4.78, 5) is 32.9. The standard InChI is InChI=1S/C15H12N2O5.C2H6/c1-8(18)16-9-2-4-11(13(6-9)15(20)21)12-5-3-10(17-22)7-14(12)19;1-2/h2-7,19H,1H3,(H,16,18)(H,20,21);1-2H3. The van der Waals surface area contributed by atoms with Crippen molar-refractivity contribution >= 4 is 23.3 Å². The molecule has 0 atom stereocenters. The van der Waals surface area contributed by atoms with E-state index in [2.05, 4.69) is 10.5 Å². The van der Waals surface area contributed by atoms with E-state index in [9.17, 15) is 24.7 Å². The number of anilines is 1. The predicted octanol–water partition coefficient (Wildman–Crippen LogP) is 4.14.